The summed E-state index contributed by atoms with van der Waals surface area (Å²) in [7, 11) is 0. The van der Waals surface area contributed by atoms with E-state index in [2.05, 4.69) is 25.9 Å². The molecule has 3 rings (SSSR count). The zero-order chi connectivity index (χ0) is 13.4. The van der Waals surface area contributed by atoms with Crippen LogP contribution in [0.1, 0.15) is 10.4 Å². The van der Waals surface area contributed by atoms with Crippen LogP contribution in [0.5, 0.6) is 0 Å². The van der Waals surface area contributed by atoms with Crippen LogP contribution in [-0.4, -0.2) is 15.9 Å². The molecule has 5 heteroatoms. The molecule has 0 aliphatic rings. The second kappa shape index (κ2) is 4.51. The molecule has 1 heterocycles. The first kappa shape index (κ1) is 11.9. The van der Waals surface area contributed by atoms with Gasteiger partial charge < -0.3 is 10.7 Å². The number of carbonyl (C=O) groups is 1. The number of primary amides is 1. The Morgan fingerprint density at radius 3 is 2.58 bits per heavy atom. The van der Waals surface area contributed by atoms with E-state index in [0.717, 1.165) is 26.9 Å². The van der Waals surface area contributed by atoms with Gasteiger partial charge in [-0.05, 0) is 30.3 Å². The van der Waals surface area contributed by atoms with Gasteiger partial charge in [0.15, 0.2) is 0 Å². The fraction of sp³-hybridized carbons (Fsp3) is 0. The second-order valence-corrected chi connectivity index (χ2v) is 5.10. The number of hydrogen-bond donors (Lipinski definition) is 2. The molecular formula is C14H10BrN3O. The molecule has 2 aromatic carbocycles. The number of rotatable bonds is 2. The first-order valence-electron chi connectivity index (χ1n) is 5.69. The van der Waals surface area contributed by atoms with Crippen molar-refractivity contribution in [3.8, 4) is 11.4 Å². The maximum absolute atomic E-state index is 11.0. The van der Waals surface area contributed by atoms with Crippen LogP contribution in [0, 0.1) is 0 Å². The second-order valence-electron chi connectivity index (χ2n) is 4.19. The highest BCUT2D eigenvalue weighted by molar-refractivity contribution is 9.10. The fourth-order valence-electron chi connectivity index (χ4n) is 1.91. The lowest BCUT2D eigenvalue weighted by atomic mass is 10.1. The highest BCUT2D eigenvalue weighted by Crippen LogP contribution is 2.23. The first-order valence-corrected chi connectivity index (χ1v) is 6.48. The van der Waals surface area contributed by atoms with E-state index in [4.69, 9.17) is 5.73 Å². The smallest absolute Gasteiger partial charge is 0.248 e. The van der Waals surface area contributed by atoms with Crippen LogP contribution in [0.2, 0.25) is 0 Å². The molecular weight excluding hydrogens is 306 g/mol. The highest BCUT2D eigenvalue weighted by Gasteiger charge is 2.06. The number of halogens is 1. The molecule has 0 atom stereocenters. The molecule has 94 valence electrons. The molecule has 3 aromatic rings. The Morgan fingerprint density at radius 1 is 1.16 bits per heavy atom. The van der Waals surface area contributed by atoms with Crippen molar-refractivity contribution in [2.24, 2.45) is 5.73 Å². The number of carbonyl (C=O) groups excluding carboxylic acids is 1. The van der Waals surface area contributed by atoms with E-state index in [9.17, 15) is 4.79 Å². The van der Waals surface area contributed by atoms with Crippen molar-refractivity contribution < 1.29 is 4.79 Å². The molecule has 1 amide bonds. The van der Waals surface area contributed by atoms with E-state index in [1.807, 2.05) is 30.3 Å². The van der Waals surface area contributed by atoms with E-state index >= 15 is 0 Å². The molecule has 1 aromatic heterocycles. The lowest BCUT2D eigenvalue weighted by molar-refractivity contribution is 0.100. The molecule has 0 aliphatic heterocycles. The topological polar surface area (TPSA) is 71.8 Å². The first-order chi connectivity index (χ1) is 9.13. The summed E-state index contributed by atoms with van der Waals surface area (Å²) in [6.45, 7) is 0. The van der Waals surface area contributed by atoms with Crippen LogP contribution in [-0.2, 0) is 0 Å². The van der Waals surface area contributed by atoms with E-state index in [0.29, 0.717) is 5.56 Å². The lowest BCUT2D eigenvalue weighted by Gasteiger charge is -1.98. The molecule has 0 saturated carbocycles. The summed E-state index contributed by atoms with van der Waals surface area (Å²) in [4.78, 5) is 18.8. The van der Waals surface area contributed by atoms with E-state index in [-0.39, 0.29) is 0 Å². The normalized spacial score (nSPS) is 10.8. The molecule has 19 heavy (non-hydrogen) atoms. The van der Waals surface area contributed by atoms with Crippen LogP contribution in [0.25, 0.3) is 22.4 Å². The highest BCUT2D eigenvalue weighted by atomic mass is 79.9. The Balaban J connectivity index is 2.06. The number of H-pyrrole nitrogens is 1. The Kier molecular flexibility index (Phi) is 2.83. The van der Waals surface area contributed by atoms with Gasteiger partial charge in [0.05, 0.1) is 11.0 Å². The van der Waals surface area contributed by atoms with Gasteiger partial charge in [-0.1, -0.05) is 28.1 Å². The third-order valence-corrected chi connectivity index (χ3v) is 3.38. The molecule has 0 bridgehead atoms. The number of fused-ring (bicyclic) bond motifs is 1. The molecule has 0 radical (unpaired) electrons. The number of nitrogens with zero attached hydrogens (tertiary/aromatic N) is 1. The van der Waals surface area contributed by atoms with Gasteiger partial charge in [0, 0.05) is 15.6 Å². The third kappa shape index (κ3) is 2.24. The minimum absolute atomic E-state index is 0.430. The van der Waals surface area contributed by atoms with Crippen LogP contribution >= 0.6 is 15.9 Å². The van der Waals surface area contributed by atoms with Gasteiger partial charge in [-0.3, -0.25) is 4.79 Å². The molecule has 3 N–H and O–H groups in total. The molecule has 0 fully saturated rings. The maximum Gasteiger partial charge on any atom is 0.248 e. The number of nitrogens with two attached hydrogens (primary N) is 1. The van der Waals surface area contributed by atoms with Crippen LogP contribution in [0.3, 0.4) is 0 Å². The van der Waals surface area contributed by atoms with Crippen molar-refractivity contribution in [3.63, 3.8) is 0 Å². The zero-order valence-electron chi connectivity index (χ0n) is 9.85. The van der Waals surface area contributed by atoms with Crippen LogP contribution in [0.4, 0.5) is 0 Å². The maximum atomic E-state index is 11.0. The van der Waals surface area contributed by atoms with Gasteiger partial charge >= 0.3 is 0 Å². The Labute approximate surface area is 117 Å². The minimum atomic E-state index is -0.430. The number of amides is 1. The predicted molar refractivity (Wildman–Crippen MR) is 77.7 cm³/mol. The van der Waals surface area contributed by atoms with Crippen molar-refractivity contribution in [1.29, 1.82) is 0 Å². The summed E-state index contributed by atoms with van der Waals surface area (Å²) in [5.41, 5.74) is 8.48. The van der Waals surface area contributed by atoms with Crippen molar-refractivity contribution in [2.45, 2.75) is 0 Å². The summed E-state index contributed by atoms with van der Waals surface area (Å²) in [5, 5.41) is 0. The van der Waals surface area contributed by atoms with Gasteiger partial charge in [-0.2, -0.15) is 0 Å². The molecule has 0 unspecified atom stereocenters. The zero-order valence-corrected chi connectivity index (χ0v) is 11.4. The Bertz CT molecular complexity index is 762. The fourth-order valence-corrected chi connectivity index (χ4v) is 2.26. The van der Waals surface area contributed by atoms with Crippen LogP contribution in [0.15, 0.2) is 46.9 Å². The van der Waals surface area contributed by atoms with Crippen LogP contribution < -0.4 is 5.73 Å². The number of hydrogen-bond acceptors (Lipinski definition) is 2. The summed E-state index contributed by atoms with van der Waals surface area (Å²) >= 11 is 3.42. The van der Waals surface area contributed by atoms with E-state index < -0.39 is 5.91 Å². The monoisotopic (exact) mass is 315 g/mol. The Morgan fingerprint density at radius 2 is 1.89 bits per heavy atom. The summed E-state index contributed by atoms with van der Waals surface area (Å²) in [6, 6.07) is 12.9. The largest absolute Gasteiger partial charge is 0.366 e. The van der Waals surface area contributed by atoms with Crippen molar-refractivity contribution in [3.05, 3.63) is 52.5 Å². The average Bonchev–Trinajstić information content (AvgIpc) is 2.81. The van der Waals surface area contributed by atoms with Crippen molar-refractivity contribution >= 4 is 32.9 Å². The number of benzene rings is 2. The van der Waals surface area contributed by atoms with Crippen molar-refractivity contribution in [1.82, 2.24) is 9.97 Å². The molecule has 0 aliphatic carbocycles. The van der Waals surface area contributed by atoms with E-state index in [1.165, 1.54) is 0 Å². The van der Waals surface area contributed by atoms with Crippen molar-refractivity contribution in [2.75, 3.05) is 0 Å². The van der Waals surface area contributed by atoms with E-state index in [1.54, 1.807) is 12.1 Å². The lowest BCUT2D eigenvalue weighted by Crippen LogP contribution is -2.10. The quantitative estimate of drug-likeness (QED) is 0.762. The number of imidazole rings is 1. The Hall–Kier alpha value is -2.14. The predicted octanol–water partition coefficient (Wildman–Crippen LogP) is 3.09. The minimum Gasteiger partial charge on any atom is -0.366 e. The summed E-state index contributed by atoms with van der Waals surface area (Å²) in [5.74, 6) is 0.337. The molecule has 0 saturated heterocycles. The summed E-state index contributed by atoms with van der Waals surface area (Å²) < 4.78 is 0.988. The molecule has 4 nitrogen and oxygen atoms in total. The molecule has 0 spiro atoms. The van der Waals surface area contributed by atoms with Gasteiger partial charge in [-0.25, -0.2) is 4.98 Å². The number of aromatic nitrogens is 2. The SMILES string of the molecule is NC(=O)c1ccc(-c2nc3cc(Br)ccc3[nH]2)cc1. The standard InChI is InChI=1S/C14H10BrN3O/c15-10-5-6-11-12(7-10)18-14(17-11)9-3-1-8(2-4-9)13(16)19/h1-7H,(H2,16,19)(H,17,18). The van der Waals surface area contributed by atoms with Gasteiger partial charge in [0.2, 0.25) is 5.91 Å². The van der Waals surface area contributed by atoms with Gasteiger partial charge in [0.1, 0.15) is 5.82 Å². The van der Waals surface area contributed by atoms with Gasteiger partial charge in [-0.15, -0.1) is 0 Å². The number of nitrogens with one attached hydrogen (secondary N) is 1. The van der Waals surface area contributed by atoms with Gasteiger partial charge in [0.25, 0.3) is 0 Å². The summed E-state index contributed by atoms with van der Waals surface area (Å²) in [6.07, 6.45) is 0. The number of aromatic amines is 1. The average molecular weight is 316 g/mol. The third-order valence-electron chi connectivity index (χ3n) is 2.89.